The molecule has 0 bridgehead atoms. The number of carbonyl (C=O) groups excluding carboxylic acids is 1. The largest absolute Gasteiger partial charge is 0.466 e. The third-order valence-corrected chi connectivity index (χ3v) is 4.56. The van der Waals surface area contributed by atoms with E-state index in [9.17, 15) is 4.79 Å². The number of ether oxygens (including phenoxy) is 1. The van der Waals surface area contributed by atoms with Gasteiger partial charge in [-0.05, 0) is 33.9 Å². The summed E-state index contributed by atoms with van der Waals surface area (Å²) in [6.07, 6.45) is 22.9. The SMILES string of the molecule is COC(=O)/C=C/C1=CC2=CC=C3C=CC=C4C=CC(=C1)C2C43. The number of carbonyl (C=O) groups is 1. The highest BCUT2D eigenvalue weighted by atomic mass is 16.5. The van der Waals surface area contributed by atoms with Crippen molar-refractivity contribution in [3.8, 4) is 0 Å². The predicted molar refractivity (Wildman–Crippen MR) is 86.8 cm³/mol. The van der Waals surface area contributed by atoms with Crippen molar-refractivity contribution in [1.82, 2.24) is 0 Å². The van der Waals surface area contributed by atoms with Gasteiger partial charge < -0.3 is 4.74 Å². The van der Waals surface area contributed by atoms with E-state index in [-0.39, 0.29) is 5.97 Å². The van der Waals surface area contributed by atoms with Crippen LogP contribution in [0.1, 0.15) is 0 Å². The maximum atomic E-state index is 11.3. The summed E-state index contributed by atoms with van der Waals surface area (Å²) in [5, 5.41) is 0. The average Bonchev–Trinajstić information content (AvgIpc) is 2.57. The van der Waals surface area contributed by atoms with E-state index >= 15 is 0 Å². The molecule has 4 aliphatic carbocycles. The molecule has 0 saturated carbocycles. The highest BCUT2D eigenvalue weighted by Crippen LogP contribution is 2.48. The molecule has 4 rings (SSSR count). The van der Waals surface area contributed by atoms with Gasteiger partial charge in [0.15, 0.2) is 0 Å². The molecule has 4 aliphatic rings. The zero-order valence-electron chi connectivity index (χ0n) is 12.3. The Balaban J connectivity index is 1.77. The molecule has 0 aromatic rings. The molecule has 0 aromatic carbocycles. The first kappa shape index (κ1) is 13.1. The van der Waals surface area contributed by atoms with Crippen LogP contribution >= 0.6 is 0 Å². The van der Waals surface area contributed by atoms with Crippen molar-refractivity contribution < 1.29 is 9.53 Å². The maximum absolute atomic E-state index is 11.3. The molecule has 0 aromatic heterocycles. The van der Waals surface area contributed by atoms with Gasteiger partial charge in [0.2, 0.25) is 0 Å². The molecule has 2 atom stereocenters. The summed E-state index contributed by atoms with van der Waals surface area (Å²) in [5.74, 6) is 0.503. The monoisotopic (exact) mass is 288 g/mol. The van der Waals surface area contributed by atoms with Gasteiger partial charge in [0.25, 0.3) is 0 Å². The molecule has 0 spiro atoms. The highest BCUT2D eigenvalue weighted by molar-refractivity contribution is 5.82. The molecule has 0 radical (unpaired) electrons. The van der Waals surface area contributed by atoms with Crippen LogP contribution in [0.2, 0.25) is 0 Å². The summed E-state index contributed by atoms with van der Waals surface area (Å²) in [4.78, 5) is 11.3. The fraction of sp³-hybridized carbons (Fsp3) is 0.150. The van der Waals surface area contributed by atoms with Crippen molar-refractivity contribution in [2.75, 3.05) is 7.11 Å². The van der Waals surface area contributed by atoms with Gasteiger partial charge in [0.05, 0.1) is 7.11 Å². The Hall–Kier alpha value is -2.61. The summed E-state index contributed by atoms with van der Waals surface area (Å²) in [7, 11) is 1.39. The molecule has 2 heteroatoms. The van der Waals surface area contributed by atoms with Gasteiger partial charge in [-0.2, -0.15) is 0 Å². The van der Waals surface area contributed by atoms with Crippen LogP contribution in [0.4, 0.5) is 0 Å². The normalized spacial score (nSPS) is 27.4. The van der Waals surface area contributed by atoms with E-state index in [2.05, 4.69) is 59.4 Å². The van der Waals surface area contributed by atoms with Crippen molar-refractivity contribution in [2.24, 2.45) is 11.8 Å². The Morgan fingerprint density at radius 3 is 2.55 bits per heavy atom. The first-order valence-corrected chi connectivity index (χ1v) is 7.44. The van der Waals surface area contributed by atoms with Gasteiger partial charge >= 0.3 is 5.97 Å². The molecule has 0 amide bonds. The van der Waals surface area contributed by atoms with Crippen LogP contribution in [0, 0.1) is 11.8 Å². The van der Waals surface area contributed by atoms with Crippen LogP contribution < -0.4 is 0 Å². The minimum atomic E-state index is -0.331. The number of hydrogen-bond acceptors (Lipinski definition) is 2. The zero-order chi connectivity index (χ0) is 15.1. The summed E-state index contributed by atoms with van der Waals surface area (Å²) in [6.45, 7) is 0. The smallest absolute Gasteiger partial charge is 0.330 e. The van der Waals surface area contributed by atoms with E-state index < -0.39 is 0 Å². The van der Waals surface area contributed by atoms with Crippen molar-refractivity contribution >= 4 is 5.97 Å². The molecule has 22 heavy (non-hydrogen) atoms. The molecule has 108 valence electrons. The zero-order valence-corrected chi connectivity index (χ0v) is 12.3. The first-order chi connectivity index (χ1) is 10.8. The second-order valence-electron chi connectivity index (χ2n) is 5.79. The van der Waals surface area contributed by atoms with Crippen molar-refractivity contribution in [3.63, 3.8) is 0 Å². The van der Waals surface area contributed by atoms with Gasteiger partial charge in [-0.15, -0.1) is 0 Å². The Morgan fingerprint density at radius 2 is 1.68 bits per heavy atom. The summed E-state index contributed by atoms with van der Waals surface area (Å²) in [5.41, 5.74) is 6.40. The second kappa shape index (κ2) is 4.99. The number of rotatable bonds is 2. The minimum absolute atomic E-state index is 0.331. The van der Waals surface area contributed by atoms with E-state index in [4.69, 9.17) is 0 Å². The lowest BCUT2D eigenvalue weighted by Crippen LogP contribution is -2.28. The number of methoxy groups -OCH3 is 1. The van der Waals surface area contributed by atoms with Gasteiger partial charge in [-0.1, -0.05) is 54.7 Å². The van der Waals surface area contributed by atoms with Crippen LogP contribution in [0.25, 0.3) is 0 Å². The van der Waals surface area contributed by atoms with Crippen molar-refractivity contribution in [3.05, 3.63) is 94.7 Å². The second-order valence-corrected chi connectivity index (χ2v) is 5.79. The first-order valence-electron chi connectivity index (χ1n) is 7.44. The van der Waals surface area contributed by atoms with Gasteiger partial charge in [-0.3, -0.25) is 0 Å². The van der Waals surface area contributed by atoms with E-state index in [1.807, 2.05) is 6.08 Å². The highest BCUT2D eigenvalue weighted by Gasteiger charge is 2.37. The molecule has 0 heterocycles. The average molecular weight is 288 g/mol. The predicted octanol–water partition coefficient (Wildman–Crippen LogP) is 3.75. The standard InChI is InChI=1S/C20H16O2/c1-22-18(21)10-5-13-11-16-8-6-14-3-2-4-15-7-9-17(12-13)20(16)19(14)15/h2-12,19-20H,1H3/b10-5+. The van der Waals surface area contributed by atoms with E-state index in [0.717, 1.165) is 5.57 Å². The van der Waals surface area contributed by atoms with Gasteiger partial charge in [0.1, 0.15) is 0 Å². The lowest BCUT2D eigenvalue weighted by molar-refractivity contribution is -0.134. The van der Waals surface area contributed by atoms with Crippen molar-refractivity contribution in [2.45, 2.75) is 0 Å². The molecular formula is C20H16O2. The molecule has 0 N–H and O–H groups in total. The maximum Gasteiger partial charge on any atom is 0.330 e. The van der Waals surface area contributed by atoms with E-state index in [0.29, 0.717) is 11.8 Å². The number of hydrogen-bond donors (Lipinski definition) is 0. The lowest BCUT2D eigenvalue weighted by atomic mass is 9.64. The molecular weight excluding hydrogens is 272 g/mol. The topological polar surface area (TPSA) is 26.3 Å². The molecule has 2 unspecified atom stereocenters. The Kier molecular flexibility index (Phi) is 2.97. The van der Waals surface area contributed by atoms with Crippen LogP contribution in [-0.2, 0) is 9.53 Å². The third-order valence-electron chi connectivity index (χ3n) is 4.56. The Labute approximate surface area is 129 Å². The fourth-order valence-electron chi connectivity index (χ4n) is 3.57. The number of allylic oxidation sites excluding steroid dienone is 15. The van der Waals surface area contributed by atoms with Crippen LogP contribution in [-0.4, -0.2) is 13.1 Å². The van der Waals surface area contributed by atoms with E-state index in [1.165, 1.54) is 35.5 Å². The van der Waals surface area contributed by atoms with E-state index in [1.54, 1.807) is 0 Å². The van der Waals surface area contributed by atoms with Crippen LogP contribution in [0.3, 0.4) is 0 Å². The summed E-state index contributed by atoms with van der Waals surface area (Å²) >= 11 is 0. The third kappa shape index (κ3) is 2.00. The minimum Gasteiger partial charge on any atom is -0.466 e. The number of esters is 1. The Morgan fingerprint density at radius 1 is 0.955 bits per heavy atom. The lowest BCUT2D eigenvalue weighted by Gasteiger charge is -2.39. The van der Waals surface area contributed by atoms with Crippen LogP contribution in [0.15, 0.2) is 94.7 Å². The quantitative estimate of drug-likeness (QED) is 0.571. The molecule has 0 fully saturated rings. The molecule has 2 nitrogen and oxygen atoms in total. The van der Waals surface area contributed by atoms with Crippen molar-refractivity contribution in [1.29, 1.82) is 0 Å². The van der Waals surface area contributed by atoms with Gasteiger partial charge in [0, 0.05) is 17.9 Å². The van der Waals surface area contributed by atoms with Crippen LogP contribution in [0.5, 0.6) is 0 Å². The molecule has 0 aliphatic heterocycles. The summed E-state index contributed by atoms with van der Waals surface area (Å²) in [6, 6.07) is 0. The fourth-order valence-corrected chi connectivity index (χ4v) is 3.57. The van der Waals surface area contributed by atoms with Gasteiger partial charge in [-0.25, -0.2) is 4.79 Å². The Bertz CT molecular complexity index is 792. The summed E-state index contributed by atoms with van der Waals surface area (Å²) < 4.78 is 4.65. The molecule has 0 saturated heterocycles.